The van der Waals surface area contributed by atoms with E-state index in [0.29, 0.717) is 6.42 Å². The van der Waals surface area contributed by atoms with Crippen LogP contribution in [0.2, 0.25) is 0 Å². The molecule has 4 N–H and O–H groups in total. The van der Waals surface area contributed by atoms with Gasteiger partial charge in [-0.1, -0.05) is 0 Å². The molecule has 3 aromatic heterocycles. The lowest BCUT2D eigenvalue weighted by Gasteiger charge is -2.05. The summed E-state index contributed by atoms with van der Waals surface area (Å²) >= 11 is 0. The summed E-state index contributed by atoms with van der Waals surface area (Å²) in [6.45, 7) is 0. The van der Waals surface area contributed by atoms with Gasteiger partial charge in [0.15, 0.2) is 0 Å². The molecule has 0 saturated heterocycles. The molecule has 3 aromatic rings. The van der Waals surface area contributed by atoms with Crippen molar-refractivity contribution in [2.24, 2.45) is 5.73 Å². The maximum atomic E-state index is 6.09. The molecule has 0 aliphatic heterocycles. The maximum absolute atomic E-state index is 6.09. The van der Waals surface area contributed by atoms with Crippen molar-refractivity contribution in [2.75, 3.05) is 0 Å². The molecule has 0 bridgehead atoms. The van der Waals surface area contributed by atoms with Crippen molar-refractivity contribution in [3.05, 3.63) is 42.5 Å². The third-order valence-electron chi connectivity index (χ3n) is 2.65. The molecule has 3 heterocycles. The molecule has 0 spiro atoms. The van der Waals surface area contributed by atoms with Crippen LogP contribution in [-0.4, -0.2) is 24.9 Å². The Labute approximate surface area is 97.3 Å². The second kappa shape index (κ2) is 3.99. The Morgan fingerprint density at radius 2 is 2.24 bits per heavy atom. The van der Waals surface area contributed by atoms with Crippen LogP contribution in [0.5, 0.6) is 0 Å². The average molecular weight is 228 g/mol. The first kappa shape index (κ1) is 9.98. The number of hydrogen-bond donors (Lipinski definition) is 3. The van der Waals surface area contributed by atoms with Crippen molar-refractivity contribution in [2.45, 2.75) is 12.5 Å². The first-order valence-corrected chi connectivity index (χ1v) is 5.35. The van der Waals surface area contributed by atoms with Gasteiger partial charge in [-0.2, -0.15) is 0 Å². The van der Waals surface area contributed by atoms with E-state index in [-0.39, 0.29) is 6.04 Å². The fourth-order valence-electron chi connectivity index (χ4n) is 1.78. The molecule has 0 aromatic carbocycles. The number of rotatable bonds is 3. The van der Waals surface area contributed by atoms with Gasteiger partial charge in [0.2, 0.25) is 0 Å². The maximum Gasteiger partial charge on any atom is 0.124 e. The lowest BCUT2D eigenvalue weighted by atomic mass is 10.2. The SMILES string of the molecule is NC(Cc1cnc[nH]1)c1nc2ccncc2[nH]1. The van der Waals surface area contributed by atoms with Crippen LogP contribution in [0.25, 0.3) is 11.0 Å². The van der Waals surface area contributed by atoms with E-state index in [4.69, 9.17) is 5.73 Å². The minimum absolute atomic E-state index is 0.178. The third kappa shape index (κ3) is 1.90. The van der Waals surface area contributed by atoms with Crippen LogP contribution in [0.4, 0.5) is 0 Å². The summed E-state index contributed by atoms with van der Waals surface area (Å²) in [4.78, 5) is 18.6. The number of nitrogens with zero attached hydrogens (tertiary/aromatic N) is 3. The summed E-state index contributed by atoms with van der Waals surface area (Å²) in [5, 5.41) is 0. The van der Waals surface area contributed by atoms with Gasteiger partial charge in [-0.15, -0.1) is 0 Å². The zero-order chi connectivity index (χ0) is 11.7. The molecule has 0 fully saturated rings. The molecule has 0 amide bonds. The number of nitrogens with one attached hydrogen (secondary N) is 2. The second-order valence-corrected chi connectivity index (χ2v) is 3.90. The highest BCUT2D eigenvalue weighted by Crippen LogP contribution is 2.15. The Morgan fingerprint density at radius 1 is 1.29 bits per heavy atom. The van der Waals surface area contributed by atoms with E-state index in [9.17, 15) is 0 Å². The van der Waals surface area contributed by atoms with E-state index in [1.165, 1.54) is 0 Å². The Kier molecular flexibility index (Phi) is 2.34. The fraction of sp³-hybridized carbons (Fsp3) is 0.182. The smallest absolute Gasteiger partial charge is 0.124 e. The van der Waals surface area contributed by atoms with Crippen LogP contribution in [0.15, 0.2) is 31.0 Å². The molecule has 86 valence electrons. The molecule has 6 heteroatoms. The van der Waals surface area contributed by atoms with E-state index in [1.54, 1.807) is 24.9 Å². The average Bonchev–Trinajstić information content (AvgIpc) is 2.96. The van der Waals surface area contributed by atoms with E-state index >= 15 is 0 Å². The summed E-state index contributed by atoms with van der Waals surface area (Å²) in [6.07, 6.45) is 7.55. The number of hydrogen-bond acceptors (Lipinski definition) is 4. The standard InChI is InChI=1S/C11H12N6/c12-8(3-7-4-14-6-15-7)11-16-9-1-2-13-5-10(9)17-11/h1-2,4-6,8H,3,12H2,(H,14,15)(H,16,17). The largest absolute Gasteiger partial charge is 0.348 e. The zero-order valence-electron chi connectivity index (χ0n) is 9.09. The normalized spacial score (nSPS) is 13.0. The van der Waals surface area contributed by atoms with E-state index in [0.717, 1.165) is 22.6 Å². The minimum Gasteiger partial charge on any atom is -0.348 e. The van der Waals surface area contributed by atoms with E-state index in [2.05, 4.69) is 24.9 Å². The fourth-order valence-corrected chi connectivity index (χ4v) is 1.78. The Balaban J connectivity index is 1.88. The van der Waals surface area contributed by atoms with Gasteiger partial charge in [-0.25, -0.2) is 9.97 Å². The zero-order valence-corrected chi connectivity index (χ0v) is 9.09. The number of nitrogens with two attached hydrogens (primary N) is 1. The van der Waals surface area contributed by atoms with Crippen molar-refractivity contribution in [1.82, 2.24) is 24.9 Å². The van der Waals surface area contributed by atoms with Gasteiger partial charge >= 0.3 is 0 Å². The lowest BCUT2D eigenvalue weighted by Crippen LogP contribution is -2.15. The van der Waals surface area contributed by atoms with Gasteiger partial charge in [0.05, 0.1) is 29.6 Å². The summed E-state index contributed by atoms with van der Waals surface area (Å²) in [5.41, 5.74) is 8.87. The number of aromatic nitrogens is 5. The molecule has 1 unspecified atom stereocenters. The number of pyridine rings is 1. The van der Waals surface area contributed by atoms with Gasteiger partial charge in [0, 0.05) is 24.5 Å². The minimum atomic E-state index is -0.178. The van der Waals surface area contributed by atoms with Gasteiger partial charge in [-0.05, 0) is 6.07 Å². The lowest BCUT2D eigenvalue weighted by molar-refractivity contribution is 0.671. The van der Waals surface area contributed by atoms with Crippen molar-refractivity contribution < 1.29 is 0 Å². The number of fused-ring (bicyclic) bond motifs is 1. The number of H-pyrrole nitrogens is 2. The van der Waals surface area contributed by atoms with Crippen molar-refractivity contribution in [3.63, 3.8) is 0 Å². The summed E-state index contributed by atoms with van der Waals surface area (Å²) in [5.74, 6) is 0.766. The molecule has 17 heavy (non-hydrogen) atoms. The van der Waals surface area contributed by atoms with Gasteiger partial charge in [0.25, 0.3) is 0 Å². The molecular formula is C11H12N6. The van der Waals surface area contributed by atoms with Crippen molar-refractivity contribution >= 4 is 11.0 Å². The Hall–Kier alpha value is -2.21. The van der Waals surface area contributed by atoms with Gasteiger partial charge < -0.3 is 15.7 Å². The number of aromatic amines is 2. The number of imidazole rings is 2. The van der Waals surface area contributed by atoms with Crippen molar-refractivity contribution in [1.29, 1.82) is 0 Å². The molecule has 0 aliphatic rings. The molecular weight excluding hydrogens is 216 g/mol. The Morgan fingerprint density at radius 3 is 3.00 bits per heavy atom. The monoisotopic (exact) mass is 228 g/mol. The second-order valence-electron chi connectivity index (χ2n) is 3.90. The van der Waals surface area contributed by atoms with Crippen LogP contribution in [0, 0.1) is 0 Å². The molecule has 0 saturated carbocycles. The highest BCUT2D eigenvalue weighted by molar-refractivity contribution is 5.73. The topological polar surface area (TPSA) is 96.3 Å². The summed E-state index contributed by atoms with van der Waals surface area (Å²) < 4.78 is 0. The first-order valence-electron chi connectivity index (χ1n) is 5.35. The molecule has 6 nitrogen and oxygen atoms in total. The molecule has 0 radical (unpaired) electrons. The summed E-state index contributed by atoms with van der Waals surface area (Å²) in [6, 6.07) is 1.68. The van der Waals surface area contributed by atoms with Crippen LogP contribution in [0.1, 0.15) is 17.6 Å². The molecule has 1 atom stereocenters. The van der Waals surface area contributed by atoms with Crippen LogP contribution in [-0.2, 0) is 6.42 Å². The van der Waals surface area contributed by atoms with Crippen LogP contribution >= 0.6 is 0 Å². The van der Waals surface area contributed by atoms with Crippen molar-refractivity contribution in [3.8, 4) is 0 Å². The van der Waals surface area contributed by atoms with Crippen LogP contribution in [0.3, 0.4) is 0 Å². The molecule has 0 aliphatic carbocycles. The highest BCUT2D eigenvalue weighted by atomic mass is 15.0. The first-order chi connectivity index (χ1) is 8.33. The van der Waals surface area contributed by atoms with E-state index < -0.39 is 0 Å². The third-order valence-corrected chi connectivity index (χ3v) is 2.65. The predicted octanol–water partition coefficient (Wildman–Crippen LogP) is 0.923. The van der Waals surface area contributed by atoms with Crippen LogP contribution < -0.4 is 5.73 Å². The Bertz CT molecular complexity index is 579. The molecule has 3 rings (SSSR count). The predicted molar refractivity (Wildman–Crippen MR) is 63.1 cm³/mol. The van der Waals surface area contributed by atoms with Gasteiger partial charge in [0.1, 0.15) is 5.82 Å². The van der Waals surface area contributed by atoms with E-state index in [1.807, 2.05) is 6.07 Å². The summed E-state index contributed by atoms with van der Waals surface area (Å²) in [7, 11) is 0. The van der Waals surface area contributed by atoms with Gasteiger partial charge in [-0.3, -0.25) is 4.98 Å². The quantitative estimate of drug-likeness (QED) is 0.621. The highest BCUT2D eigenvalue weighted by Gasteiger charge is 2.12.